The van der Waals surface area contributed by atoms with Crippen LogP contribution in [0.25, 0.3) is 64.7 Å². The van der Waals surface area contributed by atoms with Gasteiger partial charge in [-0.2, -0.15) is 0 Å². The maximum Gasteiger partial charge on any atom is 0.0726 e. The molecule has 1 aromatic heterocycles. The van der Waals surface area contributed by atoms with E-state index in [1.165, 1.54) is 86.9 Å². The van der Waals surface area contributed by atoms with E-state index in [4.69, 9.17) is 0 Å². The molecule has 0 N–H and O–H groups in total. The Bertz CT molecular complexity index is 3080. The molecule has 1 atom stereocenters. The van der Waals surface area contributed by atoms with E-state index < -0.39 is 5.41 Å². The molecule has 10 aromatic rings. The van der Waals surface area contributed by atoms with Gasteiger partial charge >= 0.3 is 0 Å². The molecule has 0 aliphatic heterocycles. The summed E-state index contributed by atoms with van der Waals surface area (Å²) in [6.07, 6.45) is 0. The smallest absolute Gasteiger partial charge is 0.0726 e. The van der Waals surface area contributed by atoms with Gasteiger partial charge in [-0.3, -0.25) is 0 Å². The van der Waals surface area contributed by atoms with E-state index in [0.717, 1.165) is 17.1 Å². The predicted octanol–water partition coefficient (Wildman–Crippen LogP) is 15.2. The molecule has 1 spiro atoms. The first kappa shape index (κ1) is 32.3. The fraction of sp³-hybridized carbons (Fsp3) is 0.0182. The van der Waals surface area contributed by atoms with Gasteiger partial charge in [0.05, 0.1) is 5.41 Å². The van der Waals surface area contributed by atoms with E-state index in [9.17, 15) is 0 Å². The average Bonchev–Trinajstić information content (AvgIpc) is 3.91. The second-order valence-corrected chi connectivity index (χ2v) is 16.3. The Morgan fingerprint density at radius 3 is 1.51 bits per heavy atom. The van der Waals surface area contributed by atoms with E-state index in [-0.39, 0.29) is 0 Å². The monoisotopic (exact) mass is 741 g/mol. The van der Waals surface area contributed by atoms with Crippen LogP contribution in [0.1, 0.15) is 22.3 Å². The Labute approximate surface area is 336 Å². The first-order chi connectivity index (χ1) is 28.3. The maximum absolute atomic E-state index is 2.49. The Kier molecular flexibility index (Phi) is 7.08. The molecule has 0 amide bonds. The van der Waals surface area contributed by atoms with Crippen LogP contribution >= 0.6 is 11.3 Å². The minimum Gasteiger partial charge on any atom is -0.310 e. The van der Waals surface area contributed by atoms with Crippen LogP contribution in [0.4, 0.5) is 17.1 Å². The van der Waals surface area contributed by atoms with Crippen LogP contribution in [0.5, 0.6) is 0 Å². The molecule has 9 aromatic carbocycles. The summed E-state index contributed by atoms with van der Waals surface area (Å²) in [5, 5.41) is 2.71. The quantitative estimate of drug-likeness (QED) is 0.170. The standard InChI is InChI=1S/C55H35NS/c1-3-13-36(14-4-1)38-23-27-40(28-24-38)56(41-29-25-39(26-30-41)37-15-5-2-6-16-37)42-31-32-44-43-17-7-10-20-47(43)55(50(44)35-42)48-21-11-8-18-45(48)53-49(55)33-34-52-54(53)46-19-9-12-22-51(46)57-52/h1-35H. The number of thiophene rings is 1. The molecule has 1 heterocycles. The highest BCUT2D eigenvalue weighted by Gasteiger charge is 2.52. The van der Waals surface area contributed by atoms with Crippen LogP contribution in [0, 0.1) is 0 Å². The van der Waals surface area contributed by atoms with Crippen molar-refractivity contribution in [1.29, 1.82) is 0 Å². The van der Waals surface area contributed by atoms with Crippen LogP contribution in [0.3, 0.4) is 0 Å². The number of nitrogens with zero attached hydrogens (tertiary/aromatic N) is 1. The van der Waals surface area contributed by atoms with Crippen molar-refractivity contribution in [2.45, 2.75) is 5.41 Å². The minimum atomic E-state index is -0.467. The topological polar surface area (TPSA) is 3.24 Å². The van der Waals surface area contributed by atoms with Crippen LogP contribution in [-0.2, 0) is 5.41 Å². The van der Waals surface area contributed by atoms with Gasteiger partial charge in [0.25, 0.3) is 0 Å². The van der Waals surface area contributed by atoms with Crippen LogP contribution in [0.15, 0.2) is 212 Å². The van der Waals surface area contributed by atoms with E-state index >= 15 is 0 Å². The molecule has 57 heavy (non-hydrogen) atoms. The summed E-state index contributed by atoms with van der Waals surface area (Å²) in [5.41, 5.74) is 18.5. The lowest BCUT2D eigenvalue weighted by Crippen LogP contribution is -2.26. The summed E-state index contributed by atoms with van der Waals surface area (Å²) < 4.78 is 2.67. The van der Waals surface area contributed by atoms with Crippen molar-refractivity contribution in [3.05, 3.63) is 235 Å². The molecule has 2 aliphatic rings. The Balaban J connectivity index is 1.10. The van der Waals surface area contributed by atoms with E-state index in [0.29, 0.717) is 0 Å². The maximum atomic E-state index is 2.49. The highest BCUT2D eigenvalue weighted by atomic mass is 32.1. The summed E-state index contributed by atoms with van der Waals surface area (Å²) in [6, 6.07) is 78.6. The summed E-state index contributed by atoms with van der Waals surface area (Å²) in [5.74, 6) is 0. The van der Waals surface area contributed by atoms with Crippen molar-refractivity contribution < 1.29 is 0 Å². The molecule has 0 radical (unpaired) electrons. The zero-order valence-electron chi connectivity index (χ0n) is 31.1. The van der Waals surface area contributed by atoms with Gasteiger partial charge in [-0.1, -0.05) is 164 Å². The summed E-state index contributed by atoms with van der Waals surface area (Å²) in [6.45, 7) is 0. The number of benzene rings is 9. The predicted molar refractivity (Wildman–Crippen MR) is 241 cm³/mol. The molecular weight excluding hydrogens is 707 g/mol. The molecule has 0 saturated heterocycles. The zero-order valence-corrected chi connectivity index (χ0v) is 31.9. The molecule has 12 rings (SSSR count). The zero-order chi connectivity index (χ0) is 37.5. The lowest BCUT2D eigenvalue weighted by atomic mass is 9.70. The second-order valence-electron chi connectivity index (χ2n) is 15.2. The number of anilines is 3. The van der Waals surface area contributed by atoms with Crippen LogP contribution in [0.2, 0.25) is 0 Å². The number of fused-ring (bicyclic) bond motifs is 14. The number of hydrogen-bond acceptors (Lipinski definition) is 2. The summed E-state index contributed by atoms with van der Waals surface area (Å²) in [7, 11) is 0. The molecule has 0 saturated carbocycles. The van der Waals surface area contributed by atoms with E-state index in [1.807, 2.05) is 11.3 Å². The van der Waals surface area contributed by atoms with Gasteiger partial charge in [0.2, 0.25) is 0 Å². The van der Waals surface area contributed by atoms with Crippen LogP contribution < -0.4 is 4.90 Å². The van der Waals surface area contributed by atoms with Gasteiger partial charge in [0.15, 0.2) is 0 Å². The summed E-state index contributed by atoms with van der Waals surface area (Å²) >= 11 is 1.90. The van der Waals surface area contributed by atoms with Crippen molar-refractivity contribution in [3.63, 3.8) is 0 Å². The van der Waals surface area contributed by atoms with Crippen molar-refractivity contribution in [2.24, 2.45) is 0 Å². The molecule has 0 fully saturated rings. The number of hydrogen-bond donors (Lipinski definition) is 0. The SMILES string of the molecule is c1ccc(-c2ccc(N(c3ccc(-c4ccccc4)cc3)c3ccc4c(c3)C3(c5ccccc5-4)c4ccccc4-c4c3ccc3sc5ccccc5c43)cc2)cc1. The highest BCUT2D eigenvalue weighted by Crippen LogP contribution is 2.65. The summed E-state index contributed by atoms with van der Waals surface area (Å²) in [4.78, 5) is 2.43. The molecule has 1 unspecified atom stereocenters. The van der Waals surface area contributed by atoms with Gasteiger partial charge in [0, 0.05) is 37.2 Å². The fourth-order valence-electron chi connectivity index (χ4n) is 9.88. The Morgan fingerprint density at radius 2 is 0.842 bits per heavy atom. The van der Waals surface area contributed by atoms with Crippen molar-refractivity contribution in [3.8, 4) is 44.5 Å². The molecule has 2 aliphatic carbocycles. The fourth-order valence-corrected chi connectivity index (χ4v) is 11.0. The largest absolute Gasteiger partial charge is 0.310 e. The number of rotatable bonds is 5. The minimum absolute atomic E-state index is 0.467. The average molecular weight is 742 g/mol. The van der Waals surface area contributed by atoms with E-state index in [1.54, 1.807) is 0 Å². The van der Waals surface area contributed by atoms with Gasteiger partial charge in [-0.25, -0.2) is 0 Å². The Morgan fingerprint density at radius 1 is 0.333 bits per heavy atom. The third-order valence-electron chi connectivity index (χ3n) is 12.3. The van der Waals surface area contributed by atoms with Crippen molar-refractivity contribution in [2.75, 3.05) is 4.90 Å². The van der Waals surface area contributed by atoms with Gasteiger partial charge in [-0.05, 0) is 115 Å². The third-order valence-corrected chi connectivity index (χ3v) is 13.4. The molecular formula is C55H35NS. The van der Waals surface area contributed by atoms with Gasteiger partial charge in [-0.15, -0.1) is 11.3 Å². The molecule has 266 valence electrons. The van der Waals surface area contributed by atoms with Crippen molar-refractivity contribution >= 4 is 48.6 Å². The highest BCUT2D eigenvalue weighted by molar-refractivity contribution is 7.26. The third kappa shape index (κ3) is 4.68. The first-order valence-corrected chi connectivity index (χ1v) is 20.5. The normalized spacial score (nSPS) is 14.7. The lowest BCUT2D eigenvalue weighted by Gasteiger charge is -2.32. The van der Waals surface area contributed by atoms with Gasteiger partial charge < -0.3 is 4.90 Å². The van der Waals surface area contributed by atoms with Crippen LogP contribution in [-0.4, -0.2) is 0 Å². The lowest BCUT2D eigenvalue weighted by molar-refractivity contribution is 0.794. The molecule has 1 nitrogen and oxygen atoms in total. The second kappa shape index (κ2) is 12.5. The molecule has 0 bridgehead atoms. The van der Waals surface area contributed by atoms with E-state index in [2.05, 4.69) is 217 Å². The van der Waals surface area contributed by atoms with Crippen molar-refractivity contribution in [1.82, 2.24) is 0 Å². The molecule has 2 heteroatoms. The van der Waals surface area contributed by atoms with Gasteiger partial charge in [0.1, 0.15) is 0 Å². The Hall–Kier alpha value is -7.00. The first-order valence-electron chi connectivity index (χ1n) is 19.7.